The van der Waals surface area contributed by atoms with E-state index in [1.165, 1.54) is 0 Å². The van der Waals surface area contributed by atoms with Gasteiger partial charge in [-0.25, -0.2) is 0 Å². The van der Waals surface area contributed by atoms with E-state index in [1.807, 2.05) is 23.9 Å². The molecule has 0 saturated heterocycles. The Hall–Kier alpha value is -1.07. The van der Waals surface area contributed by atoms with Crippen LogP contribution in [0.5, 0.6) is 17.2 Å². The van der Waals surface area contributed by atoms with Crippen LogP contribution >= 0.6 is 11.8 Å². The Bertz CT molecular complexity index is 451. The molecule has 118 valence electrons. The summed E-state index contributed by atoms with van der Waals surface area (Å²) in [7, 11) is 0. The Kier molecular flexibility index (Phi) is 6.51. The van der Waals surface area contributed by atoms with Crippen molar-refractivity contribution in [3.63, 3.8) is 0 Å². The lowest BCUT2D eigenvalue weighted by Gasteiger charge is -2.14. The Morgan fingerprint density at radius 3 is 2.76 bits per heavy atom. The second-order valence-corrected chi connectivity index (χ2v) is 6.78. The largest absolute Gasteiger partial charge is 0.492 e. The van der Waals surface area contributed by atoms with Crippen LogP contribution in [0.1, 0.15) is 26.3 Å². The molecule has 1 aliphatic rings. The third kappa shape index (κ3) is 5.00. The third-order valence-electron chi connectivity index (χ3n) is 3.11. The van der Waals surface area contributed by atoms with Gasteiger partial charge in [-0.05, 0) is 24.3 Å². The quantitative estimate of drug-likeness (QED) is 0.709. The van der Waals surface area contributed by atoms with Gasteiger partial charge in [0.05, 0.1) is 6.61 Å². The van der Waals surface area contributed by atoms with Crippen LogP contribution in [-0.4, -0.2) is 31.5 Å². The normalized spacial score (nSPS) is 13.0. The van der Waals surface area contributed by atoms with Crippen molar-refractivity contribution >= 4 is 11.8 Å². The van der Waals surface area contributed by atoms with Gasteiger partial charge in [0, 0.05) is 23.9 Å². The minimum absolute atomic E-state index is 0.295. The first-order chi connectivity index (χ1) is 10.2. The van der Waals surface area contributed by atoms with Crippen LogP contribution in [0.2, 0.25) is 0 Å². The molecule has 0 bridgehead atoms. The molecule has 0 spiro atoms. The molecule has 1 aromatic rings. The summed E-state index contributed by atoms with van der Waals surface area (Å²) in [5.41, 5.74) is 1.13. The van der Waals surface area contributed by atoms with Gasteiger partial charge in [-0.1, -0.05) is 20.8 Å². The molecule has 0 amide bonds. The number of hydrogen-bond donors (Lipinski definition) is 1. The smallest absolute Gasteiger partial charge is 0.231 e. The minimum atomic E-state index is 0.295. The zero-order chi connectivity index (χ0) is 15.1. The van der Waals surface area contributed by atoms with Crippen LogP contribution in [0.15, 0.2) is 12.1 Å². The molecule has 1 aromatic carbocycles. The van der Waals surface area contributed by atoms with Gasteiger partial charge in [0.25, 0.3) is 0 Å². The minimum Gasteiger partial charge on any atom is -0.492 e. The fraction of sp³-hybridized carbons (Fsp3) is 0.625. The Morgan fingerprint density at radius 2 is 2.05 bits per heavy atom. The molecule has 0 saturated carbocycles. The highest BCUT2D eigenvalue weighted by molar-refractivity contribution is 7.99. The molecule has 1 heterocycles. The number of thioether (sulfide) groups is 1. The second-order valence-electron chi connectivity index (χ2n) is 5.38. The highest BCUT2D eigenvalue weighted by Crippen LogP contribution is 2.38. The maximum Gasteiger partial charge on any atom is 0.231 e. The molecule has 21 heavy (non-hydrogen) atoms. The van der Waals surface area contributed by atoms with E-state index >= 15 is 0 Å². The van der Waals surface area contributed by atoms with Gasteiger partial charge in [-0.15, -0.1) is 0 Å². The number of nitrogens with one attached hydrogen (secondary N) is 1. The van der Waals surface area contributed by atoms with Crippen molar-refractivity contribution in [1.82, 2.24) is 5.32 Å². The first-order valence-electron chi connectivity index (χ1n) is 7.54. The van der Waals surface area contributed by atoms with Gasteiger partial charge in [0.2, 0.25) is 6.79 Å². The fourth-order valence-corrected chi connectivity index (χ4v) is 2.58. The maximum atomic E-state index is 5.93. The van der Waals surface area contributed by atoms with Crippen LogP contribution in [-0.2, 0) is 6.54 Å². The predicted molar refractivity (Wildman–Crippen MR) is 87.6 cm³/mol. The fourth-order valence-electron chi connectivity index (χ4n) is 2.09. The van der Waals surface area contributed by atoms with Crippen molar-refractivity contribution in [1.29, 1.82) is 0 Å². The number of ether oxygens (including phenoxy) is 3. The van der Waals surface area contributed by atoms with Gasteiger partial charge in [0.1, 0.15) is 5.75 Å². The molecule has 4 nitrogen and oxygen atoms in total. The predicted octanol–water partition coefficient (Wildman–Crippen LogP) is 3.29. The number of hydrogen-bond acceptors (Lipinski definition) is 5. The molecule has 0 unspecified atom stereocenters. The molecular formula is C16H25NO3S. The lowest BCUT2D eigenvalue weighted by molar-refractivity contribution is 0.173. The summed E-state index contributed by atoms with van der Waals surface area (Å²) in [6, 6.07) is 3.98. The molecular weight excluding hydrogens is 286 g/mol. The summed E-state index contributed by atoms with van der Waals surface area (Å²) in [5, 5.41) is 3.45. The van der Waals surface area contributed by atoms with E-state index in [1.54, 1.807) is 0 Å². The standard InChI is InChI=1S/C16H25NO3S/c1-4-21-6-5-18-14-8-16-15(19-11-20-16)7-13(14)10-17-9-12(2)3/h7-8,12,17H,4-6,9-11H2,1-3H3. The van der Waals surface area contributed by atoms with E-state index < -0.39 is 0 Å². The number of rotatable bonds is 9. The van der Waals surface area contributed by atoms with E-state index in [2.05, 4.69) is 26.1 Å². The van der Waals surface area contributed by atoms with Gasteiger partial charge >= 0.3 is 0 Å². The van der Waals surface area contributed by atoms with Gasteiger partial charge in [-0.3, -0.25) is 0 Å². The summed E-state index contributed by atoms with van der Waals surface area (Å²) in [5.74, 6) is 5.24. The summed E-state index contributed by atoms with van der Waals surface area (Å²) >= 11 is 1.88. The highest BCUT2D eigenvalue weighted by atomic mass is 32.2. The molecule has 2 rings (SSSR count). The average molecular weight is 311 g/mol. The van der Waals surface area contributed by atoms with Crippen molar-refractivity contribution < 1.29 is 14.2 Å². The molecule has 0 aliphatic carbocycles. The molecule has 5 heteroatoms. The van der Waals surface area contributed by atoms with E-state index in [-0.39, 0.29) is 0 Å². The van der Waals surface area contributed by atoms with E-state index in [0.717, 1.165) is 54.0 Å². The lowest BCUT2D eigenvalue weighted by Crippen LogP contribution is -2.19. The molecule has 1 N–H and O–H groups in total. The summed E-state index contributed by atoms with van der Waals surface area (Å²) in [6.07, 6.45) is 0. The van der Waals surface area contributed by atoms with Gasteiger partial charge in [-0.2, -0.15) is 11.8 Å². The summed E-state index contributed by atoms with van der Waals surface area (Å²) < 4.78 is 16.8. The van der Waals surface area contributed by atoms with E-state index in [9.17, 15) is 0 Å². The van der Waals surface area contributed by atoms with Crippen LogP contribution in [0.4, 0.5) is 0 Å². The average Bonchev–Trinajstić information content (AvgIpc) is 2.90. The molecule has 0 fully saturated rings. The van der Waals surface area contributed by atoms with E-state index in [4.69, 9.17) is 14.2 Å². The summed E-state index contributed by atoms with van der Waals surface area (Å²) in [4.78, 5) is 0. The molecule has 0 aromatic heterocycles. The van der Waals surface area contributed by atoms with E-state index in [0.29, 0.717) is 12.7 Å². The number of benzene rings is 1. The number of fused-ring (bicyclic) bond motifs is 1. The Morgan fingerprint density at radius 1 is 1.29 bits per heavy atom. The monoisotopic (exact) mass is 311 g/mol. The van der Waals surface area contributed by atoms with Crippen LogP contribution in [0, 0.1) is 5.92 Å². The third-order valence-corrected chi connectivity index (χ3v) is 3.98. The zero-order valence-electron chi connectivity index (χ0n) is 13.1. The molecule has 0 radical (unpaired) electrons. The van der Waals surface area contributed by atoms with Crippen LogP contribution in [0.3, 0.4) is 0 Å². The Balaban J connectivity index is 2.00. The molecule has 0 atom stereocenters. The second kappa shape index (κ2) is 8.39. The maximum absolute atomic E-state index is 5.93. The van der Waals surface area contributed by atoms with Crippen LogP contribution < -0.4 is 19.5 Å². The van der Waals surface area contributed by atoms with Gasteiger partial charge in [0.15, 0.2) is 11.5 Å². The Labute approximate surface area is 131 Å². The van der Waals surface area contributed by atoms with Gasteiger partial charge < -0.3 is 19.5 Å². The zero-order valence-corrected chi connectivity index (χ0v) is 13.9. The van der Waals surface area contributed by atoms with Crippen molar-refractivity contribution in [2.45, 2.75) is 27.3 Å². The van der Waals surface area contributed by atoms with Crippen molar-refractivity contribution in [2.24, 2.45) is 5.92 Å². The van der Waals surface area contributed by atoms with Crippen molar-refractivity contribution in [3.05, 3.63) is 17.7 Å². The topological polar surface area (TPSA) is 39.7 Å². The first-order valence-corrected chi connectivity index (χ1v) is 8.70. The molecule has 1 aliphatic heterocycles. The van der Waals surface area contributed by atoms with Crippen molar-refractivity contribution in [2.75, 3.05) is 31.5 Å². The first kappa shape index (κ1) is 16.3. The van der Waals surface area contributed by atoms with Crippen molar-refractivity contribution in [3.8, 4) is 17.2 Å². The lowest BCUT2D eigenvalue weighted by atomic mass is 10.1. The van der Waals surface area contributed by atoms with Crippen LogP contribution in [0.25, 0.3) is 0 Å². The SMILES string of the molecule is CCSCCOc1cc2c(cc1CNCC(C)C)OCO2. The summed E-state index contributed by atoms with van der Waals surface area (Å²) in [6.45, 7) is 9.34. The highest BCUT2D eigenvalue weighted by Gasteiger charge is 2.18.